The SMILES string of the molecule is C=C1C(=C)C2CCC1C[C@H]2OC(C)=O. The summed E-state index contributed by atoms with van der Waals surface area (Å²) >= 11 is 0. The molecule has 0 saturated heterocycles. The molecule has 2 unspecified atom stereocenters. The van der Waals surface area contributed by atoms with E-state index in [0.717, 1.165) is 18.4 Å². The average Bonchev–Trinajstić information content (AvgIpc) is 2.12. The van der Waals surface area contributed by atoms with E-state index in [9.17, 15) is 4.79 Å². The van der Waals surface area contributed by atoms with E-state index in [1.807, 2.05) is 0 Å². The Hall–Kier alpha value is -1.05. The Labute approximate surface area is 84.6 Å². The van der Waals surface area contributed by atoms with Gasteiger partial charge in [-0.1, -0.05) is 13.2 Å². The van der Waals surface area contributed by atoms with Crippen LogP contribution in [-0.2, 0) is 9.53 Å². The quantitative estimate of drug-likeness (QED) is 0.596. The molecule has 3 saturated carbocycles. The van der Waals surface area contributed by atoms with E-state index in [1.165, 1.54) is 18.9 Å². The van der Waals surface area contributed by atoms with E-state index < -0.39 is 0 Å². The van der Waals surface area contributed by atoms with Crippen molar-refractivity contribution in [2.45, 2.75) is 32.3 Å². The first-order valence-corrected chi connectivity index (χ1v) is 5.14. The summed E-state index contributed by atoms with van der Waals surface area (Å²) in [5.74, 6) is 0.647. The van der Waals surface area contributed by atoms with Crippen molar-refractivity contribution in [3.63, 3.8) is 0 Å². The van der Waals surface area contributed by atoms with Gasteiger partial charge in [0.05, 0.1) is 0 Å². The maximum Gasteiger partial charge on any atom is 0.302 e. The Kier molecular flexibility index (Phi) is 2.22. The van der Waals surface area contributed by atoms with Crippen LogP contribution in [0.15, 0.2) is 24.3 Å². The van der Waals surface area contributed by atoms with Crippen molar-refractivity contribution in [3.8, 4) is 0 Å². The van der Waals surface area contributed by atoms with Gasteiger partial charge in [0.25, 0.3) is 0 Å². The number of fused-ring (bicyclic) bond motifs is 3. The predicted molar refractivity (Wildman–Crippen MR) is 54.7 cm³/mol. The lowest BCUT2D eigenvalue weighted by Gasteiger charge is -2.44. The topological polar surface area (TPSA) is 26.3 Å². The molecule has 3 atom stereocenters. The molecule has 2 heteroatoms. The minimum atomic E-state index is -0.180. The third-order valence-corrected chi connectivity index (χ3v) is 3.46. The van der Waals surface area contributed by atoms with Crippen LogP contribution in [0.3, 0.4) is 0 Å². The summed E-state index contributed by atoms with van der Waals surface area (Å²) in [5, 5.41) is 0. The Balaban J connectivity index is 2.14. The number of allylic oxidation sites excluding steroid dienone is 1. The van der Waals surface area contributed by atoms with Gasteiger partial charge in [-0.2, -0.15) is 0 Å². The highest BCUT2D eigenvalue weighted by atomic mass is 16.5. The molecule has 14 heavy (non-hydrogen) atoms. The van der Waals surface area contributed by atoms with Crippen molar-refractivity contribution in [1.29, 1.82) is 0 Å². The second-order valence-electron chi connectivity index (χ2n) is 4.31. The second kappa shape index (κ2) is 3.26. The van der Waals surface area contributed by atoms with Crippen LogP contribution in [0, 0.1) is 11.8 Å². The number of carbonyl (C=O) groups excluding carboxylic acids is 1. The smallest absolute Gasteiger partial charge is 0.302 e. The molecule has 3 aliphatic rings. The van der Waals surface area contributed by atoms with Gasteiger partial charge in [-0.05, 0) is 36.3 Å². The van der Waals surface area contributed by atoms with Crippen LogP contribution in [0.1, 0.15) is 26.2 Å². The van der Waals surface area contributed by atoms with E-state index >= 15 is 0 Å². The molecule has 2 bridgehead atoms. The molecular weight excluding hydrogens is 176 g/mol. The van der Waals surface area contributed by atoms with Crippen molar-refractivity contribution in [3.05, 3.63) is 24.3 Å². The molecule has 0 N–H and O–H groups in total. The molecule has 76 valence electrons. The Bertz CT molecular complexity index is 303. The summed E-state index contributed by atoms with van der Waals surface area (Å²) in [6.45, 7) is 9.57. The van der Waals surface area contributed by atoms with Crippen LogP contribution in [0.4, 0.5) is 0 Å². The molecule has 3 fully saturated rings. The van der Waals surface area contributed by atoms with Crippen molar-refractivity contribution < 1.29 is 9.53 Å². The Morgan fingerprint density at radius 2 is 2.07 bits per heavy atom. The highest BCUT2D eigenvalue weighted by Crippen LogP contribution is 2.47. The zero-order chi connectivity index (χ0) is 10.3. The summed E-state index contributed by atoms with van der Waals surface area (Å²) < 4.78 is 5.30. The minimum absolute atomic E-state index is 0.0595. The molecule has 0 aromatic rings. The van der Waals surface area contributed by atoms with Gasteiger partial charge in [-0.25, -0.2) is 0 Å². The molecule has 0 aromatic carbocycles. The van der Waals surface area contributed by atoms with Gasteiger partial charge in [0, 0.05) is 12.8 Å². The molecule has 0 radical (unpaired) electrons. The molecule has 0 heterocycles. The van der Waals surface area contributed by atoms with Crippen molar-refractivity contribution in [1.82, 2.24) is 0 Å². The van der Waals surface area contributed by atoms with Crippen LogP contribution in [-0.4, -0.2) is 12.1 Å². The van der Waals surface area contributed by atoms with Gasteiger partial charge in [-0.15, -0.1) is 0 Å². The molecule has 0 amide bonds. The fourth-order valence-electron chi connectivity index (χ4n) is 2.69. The molecule has 3 aliphatic carbocycles. The van der Waals surface area contributed by atoms with E-state index in [-0.39, 0.29) is 12.1 Å². The van der Waals surface area contributed by atoms with Crippen LogP contribution in [0.5, 0.6) is 0 Å². The van der Waals surface area contributed by atoms with Crippen molar-refractivity contribution >= 4 is 5.97 Å². The third kappa shape index (κ3) is 1.39. The minimum Gasteiger partial charge on any atom is -0.462 e. The number of rotatable bonds is 1. The molecule has 0 spiro atoms. The van der Waals surface area contributed by atoms with Gasteiger partial charge in [0.2, 0.25) is 0 Å². The lowest BCUT2D eigenvalue weighted by Crippen LogP contribution is -2.40. The van der Waals surface area contributed by atoms with E-state index in [1.54, 1.807) is 0 Å². The predicted octanol–water partition coefficient (Wildman–Crippen LogP) is 2.46. The summed E-state index contributed by atoms with van der Waals surface area (Å²) in [6.07, 6.45) is 3.28. The van der Waals surface area contributed by atoms with E-state index in [2.05, 4.69) is 13.2 Å². The fourth-order valence-corrected chi connectivity index (χ4v) is 2.69. The number of hydrogen-bond donors (Lipinski definition) is 0. The normalized spacial score (nSPS) is 35.9. The molecule has 3 rings (SSSR count). The zero-order valence-corrected chi connectivity index (χ0v) is 8.58. The molecule has 2 nitrogen and oxygen atoms in total. The van der Waals surface area contributed by atoms with Gasteiger partial charge >= 0.3 is 5.97 Å². The molecular formula is C12H16O2. The standard InChI is InChI=1S/C12H16O2/c1-7-8(2)11-5-4-10(7)6-12(11)14-9(3)13/h10-12H,1-2,4-6H2,3H3/t10?,11?,12-/m1/s1. The number of hydrogen-bond acceptors (Lipinski definition) is 2. The first-order chi connectivity index (χ1) is 6.59. The van der Waals surface area contributed by atoms with E-state index in [4.69, 9.17) is 4.74 Å². The van der Waals surface area contributed by atoms with E-state index in [0.29, 0.717) is 11.8 Å². The first kappa shape index (κ1) is 9.50. The summed E-state index contributed by atoms with van der Waals surface area (Å²) in [5.41, 5.74) is 2.29. The van der Waals surface area contributed by atoms with Crippen LogP contribution >= 0.6 is 0 Å². The number of esters is 1. The lowest BCUT2D eigenvalue weighted by molar-refractivity contribution is -0.151. The first-order valence-electron chi connectivity index (χ1n) is 5.14. The van der Waals surface area contributed by atoms with Crippen LogP contribution in [0.25, 0.3) is 0 Å². The van der Waals surface area contributed by atoms with Crippen LogP contribution < -0.4 is 0 Å². The molecule has 0 aliphatic heterocycles. The molecule has 0 aromatic heterocycles. The van der Waals surface area contributed by atoms with Gasteiger partial charge in [0.1, 0.15) is 6.10 Å². The van der Waals surface area contributed by atoms with Gasteiger partial charge in [-0.3, -0.25) is 4.79 Å². The van der Waals surface area contributed by atoms with Crippen molar-refractivity contribution in [2.75, 3.05) is 0 Å². The highest BCUT2D eigenvalue weighted by Gasteiger charge is 2.41. The third-order valence-electron chi connectivity index (χ3n) is 3.46. The zero-order valence-electron chi connectivity index (χ0n) is 8.58. The fraction of sp³-hybridized carbons (Fsp3) is 0.583. The number of ether oxygens (including phenoxy) is 1. The Morgan fingerprint density at radius 3 is 2.64 bits per heavy atom. The monoisotopic (exact) mass is 192 g/mol. The largest absolute Gasteiger partial charge is 0.462 e. The summed E-state index contributed by atoms with van der Waals surface area (Å²) in [7, 11) is 0. The average molecular weight is 192 g/mol. The lowest BCUT2D eigenvalue weighted by atomic mass is 9.64. The maximum atomic E-state index is 10.9. The second-order valence-corrected chi connectivity index (χ2v) is 4.31. The number of carbonyl (C=O) groups is 1. The summed E-state index contributed by atoms with van der Waals surface area (Å²) in [4.78, 5) is 10.9. The van der Waals surface area contributed by atoms with Crippen LogP contribution in [0.2, 0.25) is 0 Å². The highest BCUT2D eigenvalue weighted by molar-refractivity contribution is 5.66. The maximum absolute atomic E-state index is 10.9. The van der Waals surface area contributed by atoms with Crippen molar-refractivity contribution in [2.24, 2.45) is 11.8 Å². The van der Waals surface area contributed by atoms with Gasteiger partial charge in [0.15, 0.2) is 0 Å². The summed E-state index contributed by atoms with van der Waals surface area (Å²) in [6, 6.07) is 0. The Morgan fingerprint density at radius 1 is 1.36 bits per heavy atom. The van der Waals surface area contributed by atoms with Gasteiger partial charge < -0.3 is 4.74 Å².